The van der Waals surface area contributed by atoms with Gasteiger partial charge >= 0.3 is 6.03 Å². The zero-order chi connectivity index (χ0) is 16.4. The third-order valence-corrected chi connectivity index (χ3v) is 4.47. The van der Waals surface area contributed by atoms with Crippen LogP contribution in [0.3, 0.4) is 0 Å². The van der Waals surface area contributed by atoms with Gasteiger partial charge in [0.2, 0.25) is 5.95 Å². The van der Waals surface area contributed by atoms with E-state index in [0.29, 0.717) is 11.9 Å². The van der Waals surface area contributed by atoms with Crippen molar-refractivity contribution in [1.82, 2.24) is 19.5 Å². The Morgan fingerprint density at radius 1 is 1.12 bits per heavy atom. The summed E-state index contributed by atoms with van der Waals surface area (Å²) in [6.07, 6.45) is 3.88. The van der Waals surface area contributed by atoms with E-state index in [4.69, 9.17) is 0 Å². The number of carbonyl (C=O) groups is 1. The summed E-state index contributed by atoms with van der Waals surface area (Å²) in [7, 11) is 0. The molecule has 1 N–H and O–H groups in total. The van der Waals surface area contributed by atoms with Crippen molar-refractivity contribution >= 4 is 17.6 Å². The lowest BCUT2D eigenvalue weighted by molar-refractivity contribution is 0.220. The van der Waals surface area contributed by atoms with Gasteiger partial charge in [-0.2, -0.15) is 0 Å². The molecule has 2 aromatic heterocycles. The third-order valence-electron chi connectivity index (χ3n) is 4.47. The van der Waals surface area contributed by atoms with Crippen LogP contribution in [0.25, 0.3) is 5.65 Å². The number of pyridine rings is 1. The first kappa shape index (κ1) is 14.7. The van der Waals surface area contributed by atoms with Crippen molar-refractivity contribution in [3.63, 3.8) is 0 Å². The summed E-state index contributed by atoms with van der Waals surface area (Å²) >= 11 is 0. The summed E-state index contributed by atoms with van der Waals surface area (Å²) in [6.45, 7) is 1.55. The molecule has 122 valence electrons. The summed E-state index contributed by atoms with van der Waals surface area (Å²) in [5, 5.41) is 11.0. The van der Waals surface area contributed by atoms with Crippen molar-refractivity contribution in [2.45, 2.75) is 12.8 Å². The molecule has 4 rings (SSSR count). The number of likely N-dealkylation sites (tertiary alicyclic amines) is 1. The molecule has 0 aliphatic carbocycles. The standard InChI is InChI=1S/C18H19N5O/c24-18(19-17-21-20-16-8-4-5-10-23(16)17)22-11-9-15(13-22)12-14-6-2-1-3-7-14/h1-8,10,15H,9,11-13H2,(H,19,21,24)/t15-/m0/s1. The van der Waals surface area contributed by atoms with Gasteiger partial charge < -0.3 is 4.90 Å². The van der Waals surface area contributed by atoms with Gasteiger partial charge in [0.15, 0.2) is 5.65 Å². The fourth-order valence-electron chi connectivity index (χ4n) is 3.23. The fraction of sp³-hybridized carbons (Fsp3) is 0.278. The first-order valence-electron chi connectivity index (χ1n) is 8.19. The van der Waals surface area contributed by atoms with E-state index in [-0.39, 0.29) is 6.03 Å². The number of amides is 2. The molecule has 0 bridgehead atoms. The molecule has 6 heteroatoms. The van der Waals surface area contributed by atoms with Crippen LogP contribution in [0.4, 0.5) is 10.7 Å². The summed E-state index contributed by atoms with van der Waals surface area (Å²) in [6, 6.07) is 16.0. The number of fused-ring (bicyclic) bond motifs is 1. The minimum absolute atomic E-state index is 0.108. The Kier molecular flexibility index (Phi) is 3.86. The van der Waals surface area contributed by atoms with Crippen LogP contribution in [-0.2, 0) is 6.42 Å². The van der Waals surface area contributed by atoms with Gasteiger partial charge in [0.1, 0.15) is 0 Å². The molecule has 24 heavy (non-hydrogen) atoms. The van der Waals surface area contributed by atoms with E-state index < -0.39 is 0 Å². The molecule has 1 aliphatic heterocycles. The number of hydrogen-bond acceptors (Lipinski definition) is 3. The highest BCUT2D eigenvalue weighted by molar-refractivity contribution is 5.88. The number of urea groups is 1. The lowest BCUT2D eigenvalue weighted by Crippen LogP contribution is -2.33. The maximum Gasteiger partial charge on any atom is 0.324 e. The van der Waals surface area contributed by atoms with Gasteiger partial charge in [-0.25, -0.2) is 4.79 Å². The topological polar surface area (TPSA) is 62.5 Å². The molecule has 1 saturated heterocycles. The van der Waals surface area contributed by atoms with Crippen LogP contribution in [0.15, 0.2) is 54.7 Å². The van der Waals surface area contributed by atoms with E-state index in [1.165, 1.54) is 5.56 Å². The van der Waals surface area contributed by atoms with E-state index in [0.717, 1.165) is 31.6 Å². The van der Waals surface area contributed by atoms with Gasteiger partial charge in [0.25, 0.3) is 0 Å². The predicted molar refractivity (Wildman–Crippen MR) is 91.8 cm³/mol. The van der Waals surface area contributed by atoms with Crippen LogP contribution in [0.1, 0.15) is 12.0 Å². The maximum absolute atomic E-state index is 12.5. The van der Waals surface area contributed by atoms with Crippen LogP contribution in [0.2, 0.25) is 0 Å². The predicted octanol–water partition coefficient (Wildman–Crippen LogP) is 2.83. The molecule has 1 aromatic carbocycles. The van der Waals surface area contributed by atoms with Crippen LogP contribution in [0.5, 0.6) is 0 Å². The Hall–Kier alpha value is -2.89. The molecule has 0 spiro atoms. The summed E-state index contributed by atoms with van der Waals surface area (Å²) in [5.74, 6) is 0.968. The molecule has 3 aromatic rings. The Morgan fingerprint density at radius 3 is 2.83 bits per heavy atom. The highest BCUT2D eigenvalue weighted by Crippen LogP contribution is 2.21. The number of nitrogens with zero attached hydrogens (tertiary/aromatic N) is 4. The largest absolute Gasteiger partial charge is 0.324 e. The lowest BCUT2D eigenvalue weighted by atomic mass is 9.99. The summed E-state index contributed by atoms with van der Waals surface area (Å²) in [4.78, 5) is 14.3. The molecule has 0 unspecified atom stereocenters. The number of hydrogen-bond donors (Lipinski definition) is 1. The van der Waals surface area contributed by atoms with Gasteiger partial charge in [0.05, 0.1) is 0 Å². The first-order chi connectivity index (χ1) is 11.8. The molecule has 1 aliphatic rings. The number of carbonyl (C=O) groups excluding carboxylic acids is 1. The quantitative estimate of drug-likeness (QED) is 0.807. The van der Waals surface area contributed by atoms with Crippen molar-refractivity contribution in [1.29, 1.82) is 0 Å². The average molecular weight is 321 g/mol. The normalized spacial score (nSPS) is 17.3. The van der Waals surface area contributed by atoms with Crippen LogP contribution < -0.4 is 5.32 Å². The monoisotopic (exact) mass is 321 g/mol. The summed E-state index contributed by atoms with van der Waals surface area (Å²) < 4.78 is 1.77. The summed E-state index contributed by atoms with van der Waals surface area (Å²) in [5.41, 5.74) is 2.05. The third kappa shape index (κ3) is 2.95. The Labute approximate surface area is 140 Å². The number of anilines is 1. The van der Waals surface area contributed by atoms with Crippen molar-refractivity contribution in [3.05, 3.63) is 60.3 Å². The van der Waals surface area contributed by atoms with Gasteiger partial charge in [-0.15, -0.1) is 10.2 Å². The highest BCUT2D eigenvalue weighted by atomic mass is 16.2. The Bertz CT molecular complexity index is 845. The molecular weight excluding hydrogens is 302 g/mol. The van der Waals surface area contributed by atoms with E-state index in [1.54, 1.807) is 4.40 Å². The molecular formula is C18H19N5O. The smallest absolute Gasteiger partial charge is 0.324 e. The molecule has 3 heterocycles. The first-order valence-corrected chi connectivity index (χ1v) is 8.19. The molecule has 6 nitrogen and oxygen atoms in total. The van der Waals surface area contributed by atoms with Crippen LogP contribution >= 0.6 is 0 Å². The second kappa shape index (κ2) is 6.31. The zero-order valence-corrected chi connectivity index (χ0v) is 13.3. The number of nitrogens with one attached hydrogen (secondary N) is 1. The number of rotatable bonds is 3. The van der Waals surface area contributed by atoms with Crippen molar-refractivity contribution in [2.24, 2.45) is 5.92 Å². The van der Waals surface area contributed by atoms with Crippen molar-refractivity contribution in [2.75, 3.05) is 18.4 Å². The van der Waals surface area contributed by atoms with Gasteiger partial charge in [-0.05, 0) is 36.5 Å². The van der Waals surface area contributed by atoms with Crippen molar-refractivity contribution < 1.29 is 4.79 Å². The molecule has 0 radical (unpaired) electrons. The van der Waals surface area contributed by atoms with Crippen molar-refractivity contribution in [3.8, 4) is 0 Å². The van der Waals surface area contributed by atoms with Gasteiger partial charge in [-0.1, -0.05) is 36.4 Å². The fourth-order valence-corrected chi connectivity index (χ4v) is 3.23. The molecule has 0 saturated carbocycles. The zero-order valence-electron chi connectivity index (χ0n) is 13.3. The minimum Gasteiger partial charge on any atom is -0.324 e. The number of aromatic nitrogens is 3. The van der Waals surface area contributed by atoms with E-state index >= 15 is 0 Å². The maximum atomic E-state index is 12.5. The average Bonchev–Trinajstić information content (AvgIpc) is 3.24. The van der Waals surface area contributed by atoms with E-state index in [9.17, 15) is 4.79 Å². The second-order valence-corrected chi connectivity index (χ2v) is 6.17. The van der Waals surface area contributed by atoms with Gasteiger partial charge in [0, 0.05) is 19.3 Å². The second-order valence-electron chi connectivity index (χ2n) is 6.17. The van der Waals surface area contributed by atoms with E-state index in [1.807, 2.05) is 35.4 Å². The Morgan fingerprint density at radius 2 is 1.96 bits per heavy atom. The van der Waals surface area contributed by atoms with Crippen LogP contribution in [-0.4, -0.2) is 38.6 Å². The van der Waals surface area contributed by atoms with Crippen LogP contribution in [0, 0.1) is 5.92 Å². The van der Waals surface area contributed by atoms with E-state index in [2.05, 4.69) is 39.8 Å². The lowest BCUT2D eigenvalue weighted by Gasteiger charge is -2.16. The SMILES string of the molecule is O=C(Nc1nnc2ccccn12)N1CC[C@@H](Cc2ccccc2)C1. The highest BCUT2D eigenvalue weighted by Gasteiger charge is 2.27. The number of benzene rings is 1. The minimum atomic E-state index is -0.108. The van der Waals surface area contributed by atoms with Gasteiger partial charge in [-0.3, -0.25) is 9.72 Å². The Balaban J connectivity index is 1.39. The molecule has 1 fully saturated rings. The molecule has 2 amide bonds. The molecule has 1 atom stereocenters.